The largest absolute Gasteiger partial charge is 0.507 e. The van der Waals surface area contributed by atoms with Crippen molar-refractivity contribution in [3.8, 4) is 11.5 Å². The fourth-order valence-electron chi connectivity index (χ4n) is 2.48. The maximum Gasteiger partial charge on any atom is 0.336 e. The Bertz CT molecular complexity index is 983. The van der Waals surface area contributed by atoms with E-state index in [1.807, 2.05) is 0 Å². The summed E-state index contributed by atoms with van der Waals surface area (Å²) in [4.78, 5) is 24.0. The first-order chi connectivity index (χ1) is 10.4. The average Bonchev–Trinajstić information content (AvgIpc) is 2.44. The van der Waals surface area contributed by atoms with E-state index in [0.29, 0.717) is 5.56 Å². The number of hydrogen-bond donors (Lipinski definition) is 2. The molecule has 3 rings (SSSR count). The highest BCUT2D eigenvalue weighted by Gasteiger charge is 2.19. The third kappa shape index (κ3) is 1.96. The van der Waals surface area contributed by atoms with Crippen LogP contribution >= 0.6 is 0 Å². The maximum atomic E-state index is 12.6. The molecule has 0 aliphatic rings. The average molecular weight is 300 g/mol. The fourth-order valence-corrected chi connectivity index (χ4v) is 2.48. The highest BCUT2D eigenvalue weighted by atomic mass is 16.5. The first-order valence-electron chi connectivity index (χ1n) is 6.44. The van der Waals surface area contributed by atoms with Gasteiger partial charge in [0, 0.05) is 6.07 Å². The second-order valence-electron chi connectivity index (χ2n) is 4.94. The predicted molar refractivity (Wildman–Crippen MR) is 79.9 cm³/mol. The topological polar surface area (TPSA) is 97.0 Å². The molecule has 0 saturated heterocycles. The van der Waals surface area contributed by atoms with E-state index in [1.165, 1.54) is 25.3 Å². The van der Waals surface area contributed by atoms with Gasteiger partial charge in [0.2, 0.25) is 5.43 Å². The van der Waals surface area contributed by atoms with E-state index in [-0.39, 0.29) is 39.0 Å². The van der Waals surface area contributed by atoms with Gasteiger partial charge in [0.15, 0.2) is 0 Å². The molecule has 112 valence electrons. The van der Waals surface area contributed by atoms with Crippen LogP contribution in [0, 0.1) is 6.92 Å². The quantitative estimate of drug-likeness (QED) is 0.706. The van der Waals surface area contributed by atoms with Gasteiger partial charge in [-0.25, -0.2) is 4.79 Å². The van der Waals surface area contributed by atoms with Gasteiger partial charge in [-0.05, 0) is 30.7 Å². The molecule has 22 heavy (non-hydrogen) atoms. The van der Waals surface area contributed by atoms with E-state index in [9.17, 15) is 19.8 Å². The number of fused-ring (bicyclic) bond motifs is 2. The SMILES string of the molecule is COc1cc(C(=O)O)c2c(=O)c3c(O)cc(C)cc3oc2c1. The number of rotatable bonds is 2. The molecule has 0 aliphatic heterocycles. The van der Waals surface area contributed by atoms with Gasteiger partial charge in [0.25, 0.3) is 0 Å². The molecule has 6 nitrogen and oxygen atoms in total. The van der Waals surface area contributed by atoms with E-state index < -0.39 is 11.4 Å². The second-order valence-corrected chi connectivity index (χ2v) is 4.94. The number of aromatic carboxylic acids is 1. The molecule has 0 radical (unpaired) electrons. The molecule has 6 heteroatoms. The Morgan fingerprint density at radius 2 is 1.82 bits per heavy atom. The lowest BCUT2D eigenvalue weighted by Crippen LogP contribution is -2.09. The molecular formula is C16H12O6. The Labute approximate surface area is 124 Å². The summed E-state index contributed by atoms with van der Waals surface area (Å²) in [5, 5.41) is 19.2. The monoisotopic (exact) mass is 300 g/mol. The first-order valence-corrected chi connectivity index (χ1v) is 6.44. The number of phenolic OH excluding ortho intramolecular Hbond substituents is 1. The molecule has 1 heterocycles. The molecule has 2 aromatic carbocycles. The Morgan fingerprint density at radius 3 is 2.45 bits per heavy atom. The third-order valence-electron chi connectivity index (χ3n) is 3.44. The summed E-state index contributed by atoms with van der Waals surface area (Å²) in [5.74, 6) is -1.25. The number of hydrogen-bond acceptors (Lipinski definition) is 5. The molecule has 0 spiro atoms. The van der Waals surface area contributed by atoms with Crippen molar-refractivity contribution in [1.82, 2.24) is 0 Å². The number of aryl methyl sites for hydroxylation is 1. The fraction of sp³-hybridized carbons (Fsp3) is 0.125. The van der Waals surface area contributed by atoms with Gasteiger partial charge >= 0.3 is 5.97 Å². The first kappa shape index (κ1) is 13.9. The minimum Gasteiger partial charge on any atom is -0.507 e. The van der Waals surface area contributed by atoms with E-state index in [2.05, 4.69) is 0 Å². The van der Waals surface area contributed by atoms with Crippen LogP contribution in [0.3, 0.4) is 0 Å². The van der Waals surface area contributed by atoms with Crippen molar-refractivity contribution in [2.24, 2.45) is 0 Å². The minimum absolute atomic E-state index is 0.0363. The van der Waals surface area contributed by atoms with Crippen LogP contribution in [0.1, 0.15) is 15.9 Å². The zero-order valence-corrected chi connectivity index (χ0v) is 11.8. The lowest BCUT2D eigenvalue weighted by molar-refractivity contribution is 0.0698. The third-order valence-corrected chi connectivity index (χ3v) is 3.44. The number of ether oxygens (including phenoxy) is 1. The number of carboxylic acid groups (broad SMARTS) is 1. The summed E-state index contributed by atoms with van der Waals surface area (Å²) in [7, 11) is 1.39. The second kappa shape index (κ2) is 4.77. The van der Waals surface area contributed by atoms with Crippen molar-refractivity contribution in [2.45, 2.75) is 6.92 Å². The molecule has 0 fully saturated rings. The van der Waals surface area contributed by atoms with Crippen LogP contribution in [0.25, 0.3) is 21.9 Å². The molecule has 0 bridgehead atoms. The van der Waals surface area contributed by atoms with Crippen LogP contribution in [0.4, 0.5) is 0 Å². The van der Waals surface area contributed by atoms with Crippen LogP contribution < -0.4 is 10.2 Å². The molecule has 0 unspecified atom stereocenters. The summed E-state index contributed by atoms with van der Waals surface area (Å²) in [6.45, 7) is 1.75. The van der Waals surface area contributed by atoms with E-state index in [1.54, 1.807) is 13.0 Å². The summed E-state index contributed by atoms with van der Waals surface area (Å²) < 4.78 is 10.7. The highest BCUT2D eigenvalue weighted by molar-refractivity contribution is 6.06. The maximum absolute atomic E-state index is 12.6. The minimum atomic E-state index is -1.28. The summed E-state index contributed by atoms with van der Waals surface area (Å²) >= 11 is 0. The number of benzene rings is 2. The molecule has 3 aromatic rings. The van der Waals surface area contributed by atoms with Crippen molar-refractivity contribution >= 4 is 27.9 Å². The number of carbonyl (C=O) groups is 1. The summed E-state index contributed by atoms with van der Waals surface area (Å²) in [5.41, 5.74) is 0.187. The summed E-state index contributed by atoms with van der Waals surface area (Å²) in [6, 6.07) is 5.73. The number of methoxy groups -OCH3 is 1. The van der Waals surface area contributed by atoms with Gasteiger partial charge < -0.3 is 19.4 Å². The highest BCUT2D eigenvalue weighted by Crippen LogP contribution is 2.30. The molecular weight excluding hydrogens is 288 g/mol. The van der Waals surface area contributed by atoms with Crippen LogP contribution in [0.2, 0.25) is 0 Å². The van der Waals surface area contributed by atoms with E-state index in [0.717, 1.165) is 0 Å². The lowest BCUT2D eigenvalue weighted by atomic mass is 10.0. The molecule has 2 N–H and O–H groups in total. The normalized spacial score (nSPS) is 11.0. The Hall–Kier alpha value is -3.02. The van der Waals surface area contributed by atoms with Crippen molar-refractivity contribution in [1.29, 1.82) is 0 Å². The van der Waals surface area contributed by atoms with Crippen molar-refractivity contribution in [3.63, 3.8) is 0 Å². The zero-order chi connectivity index (χ0) is 16.0. The van der Waals surface area contributed by atoms with Gasteiger partial charge in [-0.3, -0.25) is 4.79 Å². The van der Waals surface area contributed by atoms with Crippen LogP contribution in [0.15, 0.2) is 33.5 Å². The van der Waals surface area contributed by atoms with Gasteiger partial charge in [0.1, 0.15) is 28.1 Å². The number of phenols is 1. The Kier molecular flexibility index (Phi) is 3.02. The van der Waals surface area contributed by atoms with Gasteiger partial charge in [-0.15, -0.1) is 0 Å². The summed E-state index contributed by atoms with van der Waals surface area (Å²) in [6.07, 6.45) is 0. The Morgan fingerprint density at radius 1 is 1.14 bits per heavy atom. The molecule has 0 atom stereocenters. The van der Waals surface area contributed by atoms with Gasteiger partial charge in [-0.2, -0.15) is 0 Å². The molecule has 0 saturated carbocycles. The van der Waals surface area contributed by atoms with Gasteiger partial charge in [0.05, 0.1) is 18.1 Å². The van der Waals surface area contributed by atoms with Crippen molar-refractivity contribution in [3.05, 3.63) is 45.6 Å². The van der Waals surface area contributed by atoms with Crippen LogP contribution in [0.5, 0.6) is 11.5 Å². The van der Waals surface area contributed by atoms with Crippen LogP contribution in [-0.4, -0.2) is 23.3 Å². The van der Waals surface area contributed by atoms with Gasteiger partial charge in [-0.1, -0.05) is 0 Å². The van der Waals surface area contributed by atoms with E-state index in [4.69, 9.17) is 9.15 Å². The lowest BCUT2D eigenvalue weighted by Gasteiger charge is -2.08. The van der Waals surface area contributed by atoms with E-state index >= 15 is 0 Å². The smallest absolute Gasteiger partial charge is 0.336 e. The Balaban J connectivity index is 2.60. The number of aromatic hydroxyl groups is 1. The standard InChI is InChI=1S/C16H12O6/c1-7-3-10(17)14-11(4-7)22-12-6-8(21-2)5-9(16(19)20)13(12)15(14)18/h3-6,17H,1-2H3,(H,19,20). The number of carboxylic acids is 1. The molecule has 1 aromatic heterocycles. The molecule has 0 aliphatic carbocycles. The predicted octanol–water partition coefficient (Wildman–Crippen LogP) is 2.67. The van der Waals surface area contributed by atoms with Crippen LogP contribution in [-0.2, 0) is 0 Å². The zero-order valence-electron chi connectivity index (χ0n) is 11.8. The van der Waals surface area contributed by atoms with Crippen molar-refractivity contribution in [2.75, 3.05) is 7.11 Å². The van der Waals surface area contributed by atoms with Crippen molar-refractivity contribution < 1.29 is 24.2 Å². The molecule has 0 amide bonds.